The van der Waals surface area contributed by atoms with Crippen LogP contribution < -0.4 is 5.32 Å². The Bertz CT molecular complexity index is 556. The van der Waals surface area contributed by atoms with E-state index in [1.807, 2.05) is 0 Å². The molecule has 0 unspecified atom stereocenters. The summed E-state index contributed by atoms with van der Waals surface area (Å²) in [6, 6.07) is 3.51. The van der Waals surface area contributed by atoms with Crippen molar-refractivity contribution in [1.82, 2.24) is 5.32 Å². The number of aryl methyl sites for hydroxylation is 1. The lowest BCUT2D eigenvalue weighted by Crippen LogP contribution is -2.47. The van der Waals surface area contributed by atoms with Gasteiger partial charge in [-0.15, -0.1) is 0 Å². The molecule has 2 N–H and O–H groups in total. The predicted molar refractivity (Wildman–Crippen MR) is 71.6 cm³/mol. The van der Waals surface area contributed by atoms with Gasteiger partial charge in [0.1, 0.15) is 0 Å². The molecule has 0 atom stereocenters. The van der Waals surface area contributed by atoms with Gasteiger partial charge in [0.05, 0.1) is 5.41 Å². The van der Waals surface area contributed by atoms with Gasteiger partial charge in [0.15, 0.2) is 11.6 Å². The van der Waals surface area contributed by atoms with E-state index in [9.17, 15) is 18.4 Å². The van der Waals surface area contributed by atoms with Crippen LogP contribution in [-0.2, 0) is 16.0 Å². The van der Waals surface area contributed by atoms with E-state index in [1.54, 1.807) is 0 Å². The van der Waals surface area contributed by atoms with Crippen LogP contribution >= 0.6 is 0 Å². The second-order valence-electron chi connectivity index (χ2n) is 5.46. The van der Waals surface area contributed by atoms with Crippen LogP contribution in [0.3, 0.4) is 0 Å². The molecule has 0 heterocycles. The highest BCUT2D eigenvalue weighted by Gasteiger charge is 2.44. The van der Waals surface area contributed by atoms with Gasteiger partial charge in [-0.1, -0.05) is 12.5 Å². The first-order valence-corrected chi connectivity index (χ1v) is 6.87. The highest BCUT2D eigenvalue weighted by molar-refractivity contribution is 5.79. The zero-order valence-electron chi connectivity index (χ0n) is 11.5. The number of carboxylic acid groups (broad SMARTS) is 1. The van der Waals surface area contributed by atoms with Gasteiger partial charge in [0.2, 0.25) is 5.91 Å². The molecule has 0 aromatic heterocycles. The van der Waals surface area contributed by atoms with Crippen LogP contribution in [0.5, 0.6) is 0 Å². The molecule has 1 aromatic carbocycles. The summed E-state index contributed by atoms with van der Waals surface area (Å²) >= 11 is 0. The molecule has 1 aliphatic carbocycles. The zero-order valence-corrected chi connectivity index (χ0v) is 11.5. The van der Waals surface area contributed by atoms with E-state index in [0.29, 0.717) is 18.4 Å². The predicted octanol–water partition coefficient (Wildman–Crippen LogP) is 2.27. The molecule has 1 aromatic rings. The van der Waals surface area contributed by atoms with E-state index in [4.69, 9.17) is 5.11 Å². The molecule has 0 spiro atoms. The molecular formula is C15H17F2NO3. The van der Waals surface area contributed by atoms with Crippen molar-refractivity contribution < 1.29 is 23.5 Å². The fourth-order valence-electron chi connectivity index (χ4n) is 2.38. The molecule has 0 saturated heterocycles. The molecule has 21 heavy (non-hydrogen) atoms. The van der Waals surface area contributed by atoms with Crippen LogP contribution in [0, 0.1) is 17.0 Å². The van der Waals surface area contributed by atoms with Gasteiger partial charge < -0.3 is 10.4 Å². The Balaban J connectivity index is 1.79. The first-order valence-electron chi connectivity index (χ1n) is 6.87. The number of amides is 1. The van der Waals surface area contributed by atoms with Gasteiger partial charge in [-0.3, -0.25) is 9.59 Å². The number of carbonyl (C=O) groups is 2. The van der Waals surface area contributed by atoms with E-state index in [2.05, 4.69) is 5.32 Å². The quantitative estimate of drug-likeness (QED) is 0.846. The van der Waals surface area contributed by atoms with Crippen molar-refractivity contribution in [2.45, 2.75) is 32.1 Å². The molecule has 0 aliphatic heterocycles. The molecule has 0 bridgehead atoms. The summed E-state index contributed by atoms with van der Waals surface area (Å²) in [5.74, 6) is -3.02. The third-order valence-corrected chi connectivity index (χ3v) is 4.01. The molecule has 1 saturated carbocycles. The van der Waals surface area contributed by atoms with Gasteiger partial charge >= 0.3 is 5.97 Å². The van der Waals surface area contributed by atoms with Crippen LogP contribution in [0.2, 0.25) is 0 Å². The van der Waals surface area contributed by atoms with E-state index in [-0.39, 0.29) is 25.3 Å². The fraction of sp³-hybridized carbons (Fsp3) is 0.467. The Hall–Kier alpha value is -1.98. The average molecular weight is 297 g/mol. The lowest BCUT2D eigenvalue weighted by Gasteiger charge is -2.37. The summed E-state index contributed by atoms with van der Waals surface area (Å²) in [6.07, 6.45) is 2.40. The second kappa shape index (κ2) is 6.20. The number of hydrogen-bond acceptors (Lipinski definition) is 2. The van der Waals surface area contributed by atoms with Crippen LogP contribution in [0.15, 0.2) is 18.2 Å². The van der Waals surface area contributed by atoms with E-state index in [1.165, 1.54) is 6.07 Å². The lowest BCUT2D eigenvalue weighted by atomic mass is 9.69. The molecule has 4 nitrogen and oxygen atoms in total. The van der Waals surface area contributed by atoms with Gasteiger partial charge in [0, 0.05) is 13.0 Å². The summed E-state index contributed by atoms with van der Waals surface area (Å²) in [4.78, 5) is 22.8. The third kappa shape index (κ3) is 3.56. The monoisotopic (exact) mass is 297 g/mol. The minimum Gasteiger partial charge on any atom is -0.481 e. The lowest BCUT2D eigenvalue weighted by molar-refractivity contribution is -0.154. The topological polar surface area (TPSA) is 66.4 Å². The van der Waals surface area contributed by atoms with Crippen molar-refractivity contribution in [2.24, 2.45) is 5.41 Å². The molecule has 0 radical (unpaired) electrons. The molecule has 1 amide bonds. The SMILES string of the molecule is O=C(CCc1ccc(F)c(F)c1)NCC1(C(=O)O)CCC1. The highest BCUT2D eigenvalue weighted by atomic mass is 19.2. The molecular weight excluding hydrogens is 280 g/mol. The first-order chi connectivity index (χ1) is 9.93. The van der Waals surface area contributed by atoms with Crippen molar-refractivity contribution in [1.29, 1.82) is 0 Å². The number of benzene rings is 1. The Morgan fingerprint density at radius 2 is 1.95 bits per heavy atom. The van der Waals surface area contributed by atoms with Crippen LogP contribution in [0.1, 0.15) is 31.2 Å². The van der Waals surface area contributed by atoms with Gasteiger partial charge in [-0.05, 0) is 37.0 Å². The van der Waals surface area contributed by atoms with Crippen molar-refractivity contribution in [3.05, 3.63) is 35.4 Å². The summed E-state index contributed by atoms with van der Waals surface area (Å²) in [5.41, 5.74) is -0.293. The Morgan fingerprint density at radius 1 is 1.24 bits per heavy atom. The molecule has 1 fully saturated rings. The Labute approximate surface area is 121 Å². The zero-order chi connectivity index (χ0) is 15.5. The smallest absolute Gasteiger partial charge is 0.311 e. The van der Waals surface area contributed by atoms with Crippen molar-refractivity contribution in [3.8, 4) is 0 Å². The first kappa shape index (κ1) is 15.4. The minimum absolute atomic E-state index is 0.112. The number of rotatable bonds is 6. The minimum atomic E-state index is -0.938. The van der Waals surface area contributed by atoms with Crippen molar-refractivity contribution in [3.63, 3.8) is 0 Å². The number of aliphatic carboxylic acids is 1. The second-order valence-corrected chi connectivity index (χ2v) is 5.46. The maximum Gasteiger partial charge on any atom is 0.311 e. The average Bonchev–Trinajstić information content (AvgIpc) is 2.38. The highest BCUT2D eigenvalue weighted by Crippen LogP contribution is 2.40. The molecule has 2 rings (SSSR count). The van der Waals surface area contributed by atoms with Crippen molar-refractivity contribution in [2.75, 3.05) is 6.54 Å². The standard InChI is InChI=1S/C15H17F2NO3/c16-11-4-2-10(8-12(11)17)3-5-13(19)18-9-15(14(20)21)6-1-7-15/h2,4,8H,1,3,5-7,9H2,(H,18,19)(H,20,21). The maximum absolute atomic E-state index is 13.0. The third-order valence-electron chi connectivity index (χ3n) is 4.01. The Kier molecular flexibility index (Phi) is 4.55. The van der Waals surface area contributed by atoms with Crippen LogP contribution in [0.4, 0.5) is 8.78 Å². The molecule has 114 valence electrons. The number of carboxylic acids is 1. The largest absolute Gasteiger partial charge is 0.481 e. The number of carbonyl (C=O) groups excluding carboxylic acids is 1. The molecule has 6 heteroatoms. The van der Waals surface area contributed by atoms with Gasteiger partial charge in [-0.25, -0.2) is 8.78 Å². The van der Waals surface area contributed by atoms with E-state index >= 15 is 0 Å². The fourth-order valence-corrected chi connectivity index (χ4v) is 2.38. The number of hydrogen-bond donors (Lipinski definition) is 2. The van der Waals surface area contributed by atoms with E-state index in [0.717, 1.165) is 18.6 Å². The van der Waals surface area contributed by atoms with Gasteiger partial charge in [0.25, 0.3) is 0 Å². The van der Waals surface area contributed by atoms with Gasteiger partial charge in [-0.2, -0.15) is 0 Å². The summed E-state index contributed by atoms with van der Waals surface area (Å²) in [7, 11) is 0. The number of halogens is 2. The number of nitrogens with one attached hydrogen (secondary N) is 1. The summed E-state index contributed by atoms with van der Waals surface area (Å²) < 4.78 is 25.8. The van der Waals surface area contributed by atoms with Crippen molar-refractivity contribution >= 4 is 11.9 Å². The Morgan fingerprint density at radius 3 is 2.48 bits per heavy atom. The van der Waals surface area contributed by atoms with Crippen LogP contribution in [-0.4, -0.2) is 23.5 Å². The molecule has 1 aliphatic rings. The van der Waals surface area contributed by atoms with Crippen LogP contribution in [0.25, 0.3) is 0 Å². The summed E-state index contributed by atoms with van der Waals surface area (Å²) in [5, 5.41) is 11.7. The maximum atomic E-state index is 13.0. The van der Waals surface area contributed by atoms with E-state index < -0.39 is 23.0 Å². The summed E-state index contributed by atoms with van der Waals surface area (Å²) in [6.45, 7) is 0.124. The normalized spacial score (nSPS) is 16.1.